The van der Waals surface area contributed by atoms with Gasteiger partial charge in [0.2, 0.25) is 0 Å². The number of carboxylic acids is 3. The quantitative estimate of drug-likeness (QED) is 0.366. The predicted molar refractivity (Wildman–Crippen MR) is 147 cm³/mol. The number of pyridine rings is 1. The summed E-state index contributed by atoms with van der Waals surface area (Å²) in [7, 11) is 1.71. The van der Waals surface area contributed by atoms with Crippen LogP contribution in [0.2, 0.25) is 0 Å². The Labute approximate surface area is 267 Å². The van der Waals surface area contributed by atoms with E-state index in [1.54, 1.807) is 7.11 Å². The fourth-order valence-electron chi connectivity index (χ4n) is 4.22. The second-order valence-corrected chi connectivity index (χ2v) is 10.1. The number of halogens is 9. The van der Waals surface area contributed by atoms with Crippen LogP contribution >= 0.6 is 0 Å². The molecule has 0 bridgehead atoms. The van der Waals surface area contributed by atoms with Gasteiger partial charge in [-0.3, -0.25) is 14.8 Å². The molecule has 0 unspecified atom stereocenters. The number of piperidine rings is 1. The molecular formula is C28H32F9N3O8. The SMILES string of the molecule is COc1ccc(CN2CCC3(CC2)CN(Cc2cccnc2)CCO3)cc1.O=C(O)C(F)(F)F.O=C(O)C(F)(F)F.O=C(O)C(F)(F)F. The molecule has 2 aliphatic heterocycles. The number of aromatic nitrogens is 1. The number of likely N-dealkylation sites (tertiary alicyclic amines) is 1. The number of carbonyl (C=O) groups is 3. The third kappa shape index (κ3) is 16.1. The zero-order valence-corrected chi connectivity index (χ0v) is 25.1. The van der Waals surface area contributed by atoms with Gasteiger partial charge in [0.25, 0.3) is 0 Å². The summed E-state index contributed by atoms with van der Waals surface area (Å²) in [6.07, 6.45) is -9.23. The van der Waals surface area contributed by atoms with Crippen molar-refractivity contribution in [3.63, 3.8) is 0 Å². The summed E-state index contributed by atoms with van der Waals surface area (Å²) < 4.78 is 107. The number of aliphatic carboxylic acids is 3. The summed E-state index contributed by atoms with van der Waals surface area (Å²) in [6.45, 7) is 7.01. The first-order valence-corrected chi connectivity index (χ1v) is 13.6. The number of nitrogens with zero attached hydrogens (tertiary/aromatic N) is 3. The third-order valence-electron chi connectivity index (χ3n) is 6.52. The van der Waals surface area contributed by atoms with E-state index < -0.39 is 36.4 Å². The normalized spacial score (nSPS) is 16.5. The van der Waals surface area contributed by atoms with E-state index in [4.69, 9.17) is 39.2 Å². The highest BCUT2D eigenvalue weighted by atomic mass is 19.4. The van der Waals surface area contributed by atoms with Crippen LogP contribution in [0.5, 0.6) is 5.75 Å². The summed E-state index contributed by atoms with van der Waals surface area (Å²) in [5, 5.41) is 21.4. The van der Waals surface area contributed by atoms with E-state index in [2.05, 4.69) is 33.0 Å². The van der Waals surface area contributed by atoms with Crippen LogP contribution in [0, 0.1) is 0 Å². The van der Waals surface area contributed by atoms with Crippen molar-refractivity contribution in [2.45, 2.75) is 50.1 Å². The van der Waals surface area contributed by atoms with Gasteiger partial charge in [0.15, 0.2) is 0 Å². The number of hydrogen-bond donors (Lipinski definition) is 3. The second-order valence-electron chi connectivity index (χ2n) is 10.1. The number of carboxylic acid groups (broad SMARTS) is 3. The first kappa shape index (κ1) is 41.9. The molecule has 1 aromatic carbocycles. The molecule has 0 atom stereocenters. The van der Waals surface area contributed by atoms with E-state index in [1.807, 2.05) is 30.6 Å². The highest BCUT2D eigenvalue weighted by Crippen LogP contribution is 2.31. The van der Waals surface area contributed by atoms with Crippen LogP contribution in [0.15, 0.2) is 48.8 Å². The van der Waals surface area contributed by atoms with Crippen molar-refractivity contribution in [1.29, 1.82) is 0 Å². The summed E-state index contributed by atoms with van der Waals surface area (Å²) in [4.78, 5) is 36.0. The number of benzene rings is 1. The molecule has 20 heteroatoms. The molecule has 4 rings (SSSR count). The first-order chi connectivity index (χ1) is 22.1. The molecule has 2 aromatic rings. The largest absolute Gasteiger partial charge is 0.497 e. The van der Waals surface area contributed by atoms with Crippen molar-refractivity contribution in [2.75, 3.05) is 39.9 Å². The summed E-state index contributed by atoms with van der Waals surface area (Å²) >= 11 is 0. The highest BCUT2D eigenvalue weighted by molar-refractivity contribution is 5.73. The van der Waals surface area contributed by atoms with Crippen molar-refractivity contribution in [2.24, 2.45) is 0 Å². The molecule has 2 saturated heterocycles. The Hall–Kier alpha value is -4.17. The van der Waals surface area contributed by atoms with Crippen LogP contribution in [-0.2, 0) is 32.2 Å². The minimum absolute atomic E-state index is 0.0247. The number of alkyl halides is 9. The van der Waals surface area contributed by atoms with E-state index in [0.717, 1.165) is 64.5 Å². The minimum Gasteiger partial charge on any atom is -0.497 e. The molecule has 0 saturated carbocycles. The van der Waals surface area contributed by atoms with Gasteiger partial charge in [-0.05, 0) is 42.2 Å². The van der Waals surface area contributed by atoms with E-state index in [-0.39, 0.29) is 5.60 Å². The molecule has 0 radical (unpaired) electrons. The van der Waals surface area contributed by atoms with Crippen LogP contribution in [0.4, 0.5) is 39.5 Å². The zero-order valence-electron chi connectivity index (χ0n) is 25.1. The fraction of sp³-hybridized carbons (Fsp3) is 0.500. The molecule has 0 amide bonds. The molecule has 11 nitrogen and oxygen atoms in total. The number of morpholine rings is 1. The molecule has 2 aliphatic rings. The fourth-order valence-corrected chi connectivity index (χ4v) is 4.22. The number of ether oxygens (including phenoxy) is 2. The Bertz CT molecular complexity index is 1230. The van der Waals surface area contributed by atoms with Gasteiger partial charge in [-0.1, -0.05) is 18.2 Å². The zero-order chi connectivity index (χ0) is 36.8. The van der Waals surface area contributed by atoms with Crippen LogP contribution in [0.25, 0.3) is 0 Å². The van der Waals surface area contributed by atoms with E-state index in [9.17, 15) is 39.5 Å². The lowest BCUT2D eigenvalue weighted by molar-refractivity contribution is -0.193. The predicted octanol–water partition coefficient (Wildman–Crippen LogP) is 4.86. The van der Waals surface area contributed by atoms with E-state index >= 15 is 0 Å². The summed E-state index contributed by atoms with van der Waals surface area (Å²) in [6, 6.07) is 12.6. The summed E-state index contributed by atoms with van der Waals surface area (Å²) in [5.41, 5.74) is 2.65. The maximum Gasteiger partial charge on any atom is 0.490 e. The Morgan fingerprint density at radius 1 is 0.771 bits per heavy atom. The average molecular weight is 710 g/mol. The Kier molecular flexibility index (Phi) is 16.0. The Balaban J connectivity index is 0.000000448. The van der Waals surface area contributed by atoms with Crippen molar-refractivity contribution >= 4 is 17.9 Å². The molecule has 48 heavy (non-hydrogen) atoms. The smallest absolute Gasteiger partial charge is 0.490 e. The van der Waals surface area contributed by atoms with Crippen LogP contribution < -0.4 is 4.74 Å². The molecule has 3 heterocycles. The number of methoxy groups -OCH3 is 1. The molecule has 0 aliphatic carbocycles. The molecule has 270 valence electrons. The molecule has 3 N–H and O–H groups in total. The van der Waals surface area contributed by atoms with E-state index in [1.165, 1.54) is 11.1 Å². The van der Waals surface area contributed by atoms with Gasteiger partial charge in [-0.2, -0.15) is 39.5 Å². The lowest BCUT2D eigenvalue weighted by atomic mass is 9.89. The Morgan fingerprint density at radius 2 is 1.23 bits per heavy atom. The highest BCUT2D eigenvalue weighted by Gasteiger charge is 2.40. The van der Waals surface area contributed by atoms with Gasteiger partial charge in [-0.15, -0.1) is 0 Å². The standard InChI is InChI=1S/C22H29N3O2.3C2HF3O2/c1-26-21-6-4-19(5-7-21)16-24-11-8-22(9-12-24)18-25(13-14-27-22)17-20-3-2-10-23-15-20;3*3-2(4,5)1(6)7/h2-7,10,15H,8-9,11-14,16-18H2,1H3;3*(H,6,7). The van der Waals surface area contributed by atoms with Crippen LogP contribution in [-0.4, -0.2) is 112 Å². The minimum atomic E-state index is -5.08. The maximum absolute atomic E-state index is 10.6. The van der Waals surface area contributed by atoms with Crippen molar-refractivity contribution in [3.05, 3.63) is 59.9 Å². The first-order valence-electron chi connectivity index (χ1n) is 13.6. The number of hydrogen-bond acceptors (Lipinski definition) is 8. The van der Waals surface area contributed by atoms with Gasteiger partial charge < -0.3 is 24.8 Å². The average Bonchev–Trinajstić information content (AvgIpc) is 2.99. The van der Waals surface area contributed by atoms with E-state index in [0.29, 0.717) is 0 Å². The van der Waals surface area contributed by atoms with Crippen molar-refractivity contribution < 1.29 is 78.7 Å². The molecular weight excluding hydrogens is 677 g/mol. The second kappa shape index (κ2) is 18.4. The summed E-state index contributed by atoms with van der Waals surface area (Å²) in [5.74, 6) is -7.35. The maximum atomic E-state index is 10.6. The third-order valence-corrected chi connectivity index (χ3v) is 6.52. The lowest BCUT2D eigenvalue weighted by Crippen LogP contribution is -2.56. The number of rotatable bonds is 5. The van der Waals surface area contributed by atoms with Crippen LogP contribution in [0.3, 0.4) is 0 Å². The molecule has 1 aromatic heterocycles. The van der Waals surface area contributed by atoms with Gasteiger partial charge in [0.1, 0.15) is 5.75 Å². The van der Waals surface area contributed by atoms with Gasteiger partial charge >= 0.3 is 36.4 Å². The molecule has 1 spiro atoms. The van der Waals surface area contributed by atoms with Crippen LogP contribution in [0.1, 0.15) is 24.0 Å². The van der Waals surface area contributed by atoms with Crippen molar-refractivity contribution in [1.82, 2.24) is 14.8 Å². The van der Waals surface area contributed by atoms with Crippen molar-refractivity contribution in [3.8, 4) is 5.75 Å². The monoisotopic (exact) mass is 709 g/mol. The topological polar surface area (TPSA) is 150 Å². The van der Waals surface area contributed by atoms with Gasteiger partial charge in [0, 0.05) is 51.7 Å². The lowest BCUT2D eigenvalue weighted by Gasteiger charge is -2.47. The Morgan fingerprint density at radius 3 is 1.62 bits per heavy atom. The molecule has 2 fully saturated rings. The van der Waals surface area contributed by atoms with Gasteiger partial charge in [-0.25, -0.2) is 14.4 Å². The van der Waals surface area contributed by atoms with Gasteiger partial charge in [0.05, 0.1) is 19.3 Å².